The number of nitrogens with zero attached hydrogens (tertiary/aromatic N) is 2. The molecule has 1 heterocycles. The Balaban J connectivity index is 1.85. The molecule has 0 unspecified atom stereocenters. The molecular weight excluding hydrogens is 418 g/mol. The van der Waals surface area contributed by atoms with Gasteiger partial charge in [0.2, 0.25) is 10.0 Å². The van der Waals surface area contributed by atoms with Crippen molar-refractivity contribution in [2.45, 2.75) is 11.8 Å². The van der Waals surface area contributed by atoms with E-state index in [1.807, 2.05) is 12.1 Å². The molecule has 0 aliphatic carbocycles. The number of carbonyl (C=O) groups is 1. The Hall–Kier alpha value is -2.26. The standard InChI is InChI=1S/C19H18ClN3O3S2/c1-12-4-9-15(28(25,26)23(2)3)10-16(12)21-18(24)17-11-27-19(22-17)13-5-7-14(20)8-6-13/h4-11H,1-3H3,(H,21,24). The third-order valence-electron chi connectivity index (χ3n) is 4.06. The number of anilines is 1. The van der Waals surface area contributed by atoms with Crippen LogP contribution in [-0.2, 0) is 10.0 Å². The number of halogens is 1. The zero-order valence-corrected chi connectivity index (χ0v) is 17.8. The summed E-state index contributed by atoms with van der Waals surface area (Å²) < 4.78 is 25.8. The molecule has 0 bridgehead atoms. The predicted octanol–water partition coefficient (Wildman–Crippen LogP) is 4.27. The Bertz CT molecular complexity index is 1120. The van der Waals surface area contributed by atoms with Crippen molar-refractivity contribution in [3.05, 3.63) is 64.1 Å². The van der Waals surface area contributed by atoms with E-state index in [0.717, 1.165) is 15.4 Å². The molecule has 146 valence electrons. The van der Waals surface area contributed by atoms with Crippen LogP contribution in [0.25, 0.3) is 10.6 Å². The summed E-state index contributed by atoms with van der Waals surface area (Å²) in [6, 6.07) is 11.8. The van der Waals surface area contributed by atoms with Crippen molar-refractivity contribution in [3.8, 4) is 10.6 Å². The monoisotopic (exact) mass is 435 g/mol. The van der Waals surface area contributed by atoms with E-state index < -0.39 is 15.9 Å². The molecule has 9 heteroatoms. The van der Waals surface area contributed by atoms with E-state index in [9.17, 15) is 13.2 Å². The maximum Gasteiger partial charge on any atom is 0.275 e. The number of hydrogen-bond donors (Lipinski definition) is 1. The van der Waals surface area contributed by atoms with Crippen molar-refractivity contribution in [3.63, 3.8) is 0 Å². The second-order valence-corrected chi connectivity index (χ2v) is 9.71. The molecule has 0 saturated carbocycles. The van der Waals surface area contributed by atoms with Gasteiger partial charge in [-0.1, -0.05) is 29.8 Å². The Morgan fingerprint density at radius 1 is 1.14 bits per heavy atom. The molecule has 0 aliphatic rings. The Kier molecular flexibility index (Phi) is 5.85. The average molecular weight is 436 g/mol. The maximum absolute atomic E-state index is 12.6. The van der Waals surface area contributed by atoms with Crippen LogP contribution in [-0.4, -0.2) is 37.7 Å². The summed E-state index contributed by atoms with van der Waals surface area (Å²) >= 11 is 7.24. The first-order chi connectivity index (χ1) is 13.2. The molecule has 6 nitrogen and oxygen atoms in total. The van der Waals surface area contributed by atoms with Crippen molar-refractivity contribution < 1.29 is 13.2 Å². The highest BCUT2D eigenvalue weighted by Gasteiger charge is 2.19. The van der Waals surface area contributed by atoms with Gasteiger partial charge in [-0.15, -0.1) is 11.3 Å². The number of amides is 1. The SMILES string of the molecule is Cc1ccc(S(=O)(=O)N(C)C)cc1NC(=O)c1csc(-c2ccc(Cl)cc2)n1. The summed E-state index contributed by atoms with van der Waals surface area (Å²) in [5, 5.41) is 5.74. The van der Waals surface area contributed by atoms with E-state index in [4.69, 9.17) is 11.6 Å². The summed E-state index contributed by atoms with van der Waals surface area (Å²) in [7, 11) is -0.676. The summed E-state index contributed by atoms with van der Waals surface area (Å²) in [6.45, 7) is 1.79. The van der Waals surface area contributed by atoms with E-state index in [2.05, 4.69) is 10.3 Å². The van der Waals surface area contributed by atoms with Gasteiger partial charge in [-0.3, -0.25) is 4.79 Å². The van der Waals surface area contributed by atoms with E-state index >= 15 is 0 Å². The number of nitrogens with one attached hydrogen (secondary N) is 1. The molecule has 0 aliphatic heterocycles. The van der Waals surface area contributed by atoms with Gasteiger partial charge in [-0.2, -0.15) is 0 Å². The third kappa shape index (κ3) is 4.25. The van der Waals surface area contributed by atoms with Crippen LogP contribution in [0.1, 0.15) is 16.1 Å². The smallest absolute Gasteiger partial charge is 0.275 e. The van der Waals surface area contributed by atoms with Crippen molar-refractivity contribution >= 4 is 44.6 Å². The molecule has 3 aromatic rings. The van der Waals surface area contributed by atoms with Crippen LogP contribution in [0.5, 0.6) is 0 Å². The average Bonchev–Trinajstić information content (AvgIpc) is 3.14. The lowest BCUT2D eigenvalue weighted by molar-refractivity contribution is 0.102. The lowest BCUT2D eigenvalue weighted by Gasteiger charge is -2.14. The minimum absolute atomic E-state index is 0.110. The molecule has 28 heavy (non-hydrogen) atoms. The first-order valence-electron chi connectivity index (χ1n) is 8.24. The maximum atomic E-state index is 12.6. The predicted molar refractivity (Wildman–Crippen MR) is 113 cm³/mol. The van der Waals surface area contributed by atoms with E-state index in [0.29, 0.717) is 15.7 Å². The van der Waals surface area contributed by atoms with Crippen molar-refractivity contribution in [2.24, 2.45) is 0 Å². The van der Waals surface area contributed by atoms with Crippen LogP contribution < -0.4 is 5.32 Å². The normalized spacial score (nSPS) is 11.6. The lowest BCUT2D eigenvalue weighted by atomic mass is 10.2. The summed E-state index contributed by atoms with van der Waals surface area (Å²) in [4.78, 5) is 17.1. The zero-order valence-electron chi connectivity index (χ0n) is 15.4. The Morgan fingerprint density at radius 3 is 2.46 bits per heavy atom. The molecule has 0 fully saturated rings. The fourth-order valence-electron chi connectivity index (χ4n) is 2.40. The highest BCUT2D eigenvalue weighted by molar-refractivity contribution is 7.89. The van der Waals surface area contributed by atoms with Crippen molar-refractivity contribution in [1.82, 2.24) is 9.29 Å². The van der Waals surface area contributed by atoms with Crippen LogP contribution in [0.2, 0.25) is 5.02 Å². The molecule has 2 aromatic carbocycles. The fraction of sp³-hybridized carbons (Fsp3) is 0.158. The Morgan fingerprint density at radius 2 is 1.82 bits per heavy atom. The van der Waals surface area contributed by atoms with Gasteiger partial charge < -0.3 is 5.32 Å². The van der Waals surface area contributed by atoms with Gasteiger partial charge >= 0.3 is 0 Å². The van der Waals surface area contributed by atoms with Crippen LogP contribution in [0, 0.1) is 6.92 Å². The van der Waals surface area contributed by atoms with Gasteiger partial charge in [0.05, 0.1) is 4.90 Å². The number of hydrogen-bond acceptors (Lipinski definition) is 5. The molecule has 0 atom stereocenters. The molecule has 1 N–H and O–H groups in total. The second kappa shape index (κ2) is 8.00. The van der Waals surface area contributed by atoms with Gasteiger partial charge in [0.1, 0.15) is 10.7 Å². The van der Waals surface area contributed by atoms with Gasteiger partial charge in [-0.05, 0) is 36.8 Å². The number of rotatable bonds is 5. The fourth-order valence-corrected chi connectivity index (χ4v) is 4.26. The topological polar surface area (TPSA) is 79.4 Å². The van der Waals surface area contributed by atoms with Crippen molar-refractivity contribution in [1.29, 1.82) is 0 Å². The largest absolute Gasteiger partial charge is 0.320 e. The zero-order chi connectivity index (χ0) is 20.5. The van der Waals surface area contributed by atoms with Crippen molar-refractivity contribution in [2.75, 3.05) is 19.4 Å². The summed E-state index contributed by atoms with van der Waals surface area (Å²) in [6.07, 6.45) is 0. The highest BCUT2D eigenvalue weighted by atomic mass is 35.5. The van der Waals surface area contributed by atoms with Crippen LogP contribution in [0.15, 0.2) is 52.7 Å². The molecule has 3 rings (SSSR count). The number of aromatic nitrogens is 1. The molecule has 0 radical (unpaired) electrons. The minimum atomic E-state index is -3.59. The van der Waals surface area contributed by atoms with E-state index in [1.54, 1.807) is 30.5 Å². The number of sulfonamides is 1. The highest BCUT2D eigenvalue weighted by Crippen LogP contribution is 2.26. The second-order valence-electron chi connectivity index (χ2n) is 6.26. The first-order valence-corrected chi connectivity index (χ1v) is 10.9. The molecular formula is C19H18ClN3O3S2. The minimum Gasteiger partial charge on any atom is -0.320 e. The van der Waals surface area contributed by atoms with Gasteiger partial charge in [-0.25, -0.2) is 17.7 Å². The quantitative estimate of drug-likeness (QED) is 0.648. The van der Waals surface area contributed by atoms with Gasteiger partial charge in [0.25, 0.3) is 5.91 Å². The molecule has 1 aromatic heterocycles. The molecule has 0 spiro atoms. The lowest BCUT2D eigenvalue weighted by Crippen LogP contribution is -2.22. The number of benzene rings is 2. The van der Waals surface area contributed by atoms with Crippen LogP contribution in [0.3, 0.4) is 0 Å². The number of aryl methyl sites for hydroxylation is 1. The number of carbonyl (C=O) groups excluding carboxylic acids is 1. The summed E-state index contributed by atoms with van der Waals surface area (Å²) in [5.41, 5.74) is 2.30. The number of thiazole rings is 1. The Labute approximate surface area is 172 Å². The summed E-state index contributed by atoms with van der Waals surface area (Å²) in [5.74, 6) is -0.404. The first kappa shape index (κ1) is 20.5. The van der Waals surface area contributed by atoms with Crippen LogP contribution in [0.4, 0.5) is 5.69 Å². The van der Waals surface area contributed by atoms with E-state index in [-0.39, 0.29) is 10.6 Å². The molecule has 0 saturated heterocycles. The molecule has 1 amide bonds. The third-order valence-corrected chi connectivity index (χ3v) is 7.02. The van der Waals surface area contributed by atoms with Crippen LogP contribution >= 0.6 is 22.9 Å². The van der Waals surface area contributed by atoms with Gasteiger partial charge in [0, 0.05) is 35.7 Å². The van der Waals surface area contributed by atoms with Gasteiger partial charge in [0.15, 0.2) is 0 Å². The van der Waals surface area contributed by atoms with E-state index in [1.165, 1.54) is 37.6 Å².